The lowest BCUT2D eigenvalue weighted by molar-refractivity contribution is -0.169. The number of hydrogen-bond acceptors (Lipinski definition) is 2. The van der Waals surface area contributed by atoms with E-state index in [1.54, 1.807) is 0 Å². The van der Waals surface area contributed by atoms with Crippen LogP contribution >= 0.6 is 34.2 Å². The summed E-state index contributed by atoms with van der Waals surface area (Å²) in [7, 11) is 0. The Morgan fingerprint density at radius 1 is 1.56 bits per heavy atom. The summed E-state index contributed by atoms with van der Waals surface area (Å²) in [4.78, 5) is 11.9. The molecule has 0 bridgehead atoms. The molecule has 2 nitrogen and oxygen atoms in total. The van der Waals surface area contributed by atoms with Gasteiger partial charge >= 0.3 is 5.97 Å². The zero-order valence-corrected chi connectivity index (χ0v) is 12.7. The molecule has 0 aliphatic carbocycles. The zero-order valence-electron chi connectivity index (χ0n) is 9.81. The molecule has 0 aromatic rings. The van der Waals surface area contributed by atoms with Crippen LogP contribution in [0.1, 0.15) is 45.4 Å². The molecule has 1 rings (SSSR count). The number of rotatable bonds is 6. The first-order chi connectivity index (χ1) is 7.62. The van der Waals surface area contributed by atoms with E-state index in [1.807, 2.05) is 6.92 Å². The van der Waals surface area contributed by atoms with Crippen LogP contribution in [0.15, 0.2) is 0 Å². The number of halogens is 2. The number of cyclic esters (lactones) is 1. The molecule has 4 heteroatoms. The third-order valence-corrected chi connectivity index (χ3v) is 4.34. The van der Waals surface area contributed by atoms with Gasteiger partial charge in [0, 0.05) is 5.88 Å². The summed E-state index contributed by atoms with van der Waals surface area (Å²) in [6.07, 6.45) is 6.03. The predicted molar refractivity (Wildman–Crippen MR) is 75.3 cm³/mol. The van der Waals surface area contributed by atoms with Crippen LogP contribution in [-0.4, -0.2) is 22.4 Å². The van der Waals surface area contributed by atoms with E-state index in [9.17, 15) is 4.79 Å². The SMILES string of the molecule is C[C@@]1(CCCCl)CC[C@@H](CCCI)OC1=O. The third-order valence-electron chi connectivity index (χ3n) is 3.31. The summed E-state index contributed by atoms with van der Waals surface area (Å²) < 4.78 is 6.65. The van der Waals surface area contributed by atoms with Gasteiger partial charge < -0.3 is 4.74 Å². The topological polar surface area (TPSA) is 26.3 Å². The molecule has 16 heavy (non-hydrogen) atoms. The zero-order chi connectivity index (χ0) is 12.0. The van der Waals surface area contributed by atoms with E-state index in [0.717, 1.165) is 43.0 Å². The molecule has 0 aromatic carbocycles. The van der Waals surface area contributed by atoms with Crippen molar-refractivity contribution in [2.45, 2.75) is 51.6 Å². The van der Waals surface area contributed by atoms with Crippen molar-refractivity contribution in [2.24, 2.45) is 5.41 Å². The van der Waals surface area contributed by atoms with Crippen LogP contribution in [0, 0.1) is 5.41 Å². The Labute approximate surface area is 117 Å². The molecule has 2 atom stereocenters. The van der Waals surface area contributed by atoms with Gasteiger partial charge in [0.15, 0.2) is 0 Å². The van der Waals surface area contributed by atoms with Crippen LogP contribution in [0.5, 0.6) is 0 Å². The maximum atomic E-state index is 11.9. The first-order valence-electron chi connectivity index (χ1n) is 5.95. The molecule has 0 amide bonds. The molecule has 1 aliphatic heterocycles. The van der Waals surface area contributed by atoms with Gasteiger partial charge in [-0.15, -0.1) is 11.6 Å². The van der Waals surface area contributed by atoms with Crippen molar-refractivity contribution in [1.82, 2.24) is 0 Å². The second-order valence-corrected chi connectivity index (χ2v) is 6.21. The lowest BCUT2D eigenvalue weighted by atomic mass is 9.78. The maximum absolute atomic E-state index is 11.9. The molecule has 0 spiro atoms. The lowest BCUT2D eigenvalue weighted by Gasteiger charge is -2.35. The van der Waals surface area contributed by atoms with E-state index in [0.29, 0.717) is 5.88 Å². The lowest BCUT2D eigenvalue weighted by Crippen LogP contribution is -2.39. The second-order valence-electron chi connectivity index (χ2n) is 4.75. The first kappa shape index (κ1) is 14.6. The van der Waals surface area contributed by atoms with Crippen molar-refractivity contribution in [3.05, 3.63) is 0 Å². The Morgan fingerprint density at radius 3 is 2.88 bits per heavy atom. The smallest absolute Gasteiger partial charge is 0.312 e. The van der Waals surface area contributed by atoms with Gasteiger partial charge in [-0.1, -0.05) is 22.6 Å². The van der Waals surface area contributed by atoms with Gasteiger partial charge in [-0.2, -0.15) is 0 Å². The Morgan fingerprint density at radius 2 is 2.31 bits per heavy atom. The molecule has 94 valence electrons. The standard InChI is InChI=1S/C12H20ClIO2/c1-12(6-3-8-13)7-5-10(4-2-9-14)16-11(12)15/h10H,2-9H2,1H3/t10-,12-/m1/s1. The summed E-state index contributed by atoms with van der Waals surface area (Å²) in [6.45, 7) is 2.01. The van der Waals surface area contributed by atoms with E-state index in [4.69, 9.17) is 16.3 Å². The number of alkyl halides is 2. The van der Waals surface area contributed by atoms with E-state index >= 15 is 0 Å². The highest BCUT2D eigenvalue weighted by Gasteiger charge is 2.39. The molecule has 1 heterocycles. The fourth-order valence-corrected chi connectivity index (χ4v) is 2.70. The number of carbonyl (C=O) groups excluding carboxylic acids is 1. The molecule has 0 aromatic heterocycles. The number of ether oxygens (including phenoxy) is 1. The van der Waals surface area contributed by atoms with Crippen LogP contribution in [-0.2, 0) is 9.53 Å². The van der Waals surface area contributed by atoms with Gasteiger partial charge in [-0.25, -0.2) is 0 Å². The number of esters is 1. The van der Waals surface area contributed by atoms with Crippen LogP contribution in [0.3, 0.4) is 0 Å². The van der Waals surface area contributed by atoms with Gasteiger partial charge in [-0.3, -0.25) is 4.79 Å². The third kappa shape index (κ3) is 4.06. The molecular weight excluding hydrogens is 338 g/mol. The fourth-order valence-electron chi connectivity index (χ4n) is 2.13. The Hall–Kier alpha value is 0.490. The number of carbonyl (C=O) groups is 1. The van der Waals surface area contributed by atoms with Crippen molar-refractivity contribution in [2.75, 3.05) is 10.3 Å². The quantitative estimate of drug-likeness (QED) is 0.408. The maximum Gasteiger partial charge on any atom is 0.312 e. The minimum Gasteiger partial charge on any atom is -0.462 e. The molecule has 0 saturated carbocycles. The summed E-state index contributed by atoms with van der Waals surface area (Å²) in [5, 5.41) is 0. The second kappa shape index (κ2) is 7.04. The van der Waals surface area contributed by atoms with Crippen molar-refractivity contribution in [1.29, 1.82) is 0 Å². The van der Waals surface area contributed by atoms with E-state index in [-0.39, 0.29) is 17.5 Å². The van der Waals surface area contributed by atoms with Crippen molar-refractivity contribution < 1.29 is 9.53 Å². The highest BCUT2D eigenvalue weighted by atomic mass is 127. The average Bonchev–Trinajstić information content (AvgIpc) is 2.28. The number of hydrogen-bond donors (Lipinski definition) is 0. The first-order valence-corrected chi connectivity index (χ1v) is 8.01. The van der Waals surface area contributed by atoms with Gasteiger partial charge in [0.2, 0.25) is 0 Å². The van der Waals surface area contributed by atoms with Crippen molar-refractivity contribution in [3.63, 3.8) is 0 Å². The van der Waals surface area contributed by atoms with Crippen LogP contribution in [0.25, 0.3) is 0 Å². The van der Waals surface area contributed by atoms with Gasteiger partial charge in [0.25, 0.3) is 0 Å². The average molecular weight is 359 g/mol. The van der Waals surface area contributed by atoms with Gasteiger partial charge in [-0.05, 0) is 49.9 Å². The van der Waals surface area contributed by atoms with Crippen LogP contribution in [0.4, 0.5) is 0 Å². The summed E-state index contributed by atoms with van der Waals surface area (Å²) in [6, 6.07) is 0. The normalized spacial score (nSPS) is 30.2. The van der Waals surface area contributed by atoms with E-state index in [1.165, 1.54) is 0 Å². The summed E-state index contributed by atoms with van der Waals surface area (Å²) in [5.74, 6) is 0.614. The largest absolute Gasteiger partial charge is 0.462 e. The molecule has 1 fully saturated rings. The predicted octanol–water partition coefficient (Wildman–Crippen LogP) is 3.93. The monoisotopic (exact) mass is 358 g/mol. The van der Waals surface area contributed by atoms with E-state index < -0.39 is 0 Å². The van der Waals surface area contributed by atoms with E-state index in [2.05, 4.69) is 22.6 Å². The fraction of sp³-hybridized carbons (Fsp3) is 0.917. The Balaban J connectivity index is 2.41. The van der Waals surface area contributed by atoms with Crippen LogP contribution in [0.2, 0.25) is 0 Å². The van der Waals surface area contributed by atoms with Crippen LogP contribution < -0.4 is 0 Å². The molecule has 0 unspecified atom stereocenters. The minimum atomic E-state index is -0.282. The Bertz CT molecular complexity index is 235. The minimum absolute atomic E-state index is 0.0117. The Kier molecular flexibility index (Phi) is 6.40. The molecule has 1 saturated heterocycles. The highest BCUT2D eigenvalue weighted by Crippen LogP contribution is 2.37. The molecule has 1 aliphatic rings. The molecular formula is C12H20ClIO2. The summed E-state index contributed by atoms with van der Waals surface area (Å²) in [5.41, 5.74) is -0.282. The highest BCUT2D eigenvalue weighted by molar-refractivity contribution is 14.1. The van der Waals surface area contributed by atoms with Gasteiger partial charge in [0.05, 0.1) is 5.41 Å². The summed E-state index contributed by atoms with van der Waals surface area (Å²) >= 11 is 8.03. The van der Waals surface area contributed by atoms with Crippen molar-refractivity contribution in [3.8, 4) is 0 Å². The molecule has 0 N–H and O–H groups in total. The van der Waals surface area contributed by atoms with Gasteiger partial charge in [0.1, 0.15) is 6.10 Å². The van der Waals surface area contributed by atoms with Crippen molar-refractivity contribution >= 4 is 40.2 Å². The molecule has 0 radical (unpaired) electrons.